The predicted molar refractivity (Wildman–Crippen MR) is 128 cm³/mol. The number of aromatic amines is 1. The summed E-state index contributed by atoms with van der Waals surface area (Å²) in [6.07, 6.45) is 1.72. The number of morpholine rings is 1. The van der Waals surface area contributed by atoms with Gasteiger partial charge in [0.2, 0.25) is 0 Å². The number of esters is 1. The molecule has 2 aromatic heterocycles. The number of amides is 1. The van der Waals surface area contributed by atoms with Crippen LogP contribution in [0.5, 0.6) is 0 Å². The van der Waals surface area contributed by atoms with Crippen molar-refractivity contribution < 1.29 is 19.1 Å². The molecule has 0 aliphatic carbocycles. The number of hydrogen-bond acceptors (Lipinski definition) is 6. The summed E-state index contributed by atoms with van der Waals surface area (Å²) in [7, 11) is 1.35. The Hall–Kier alpha value is -3.07. The maximum atomic E-state index is 12.5. The number of H-pyrrole nitrogens is 1. The Morgan fingerprint density at radius 1 is 1.12 bits per heavy atom. The van der Waals surface area contributed by atoms with Crippen LogP contribution in [0.1, 0.15) is 26.5 Å². The van der Waals surface area contributed by atoms with Gasteiger partial charge < -0.3 is 24.7 Å². The number of ether oxygens (including phenoxy) is 2. The van der Waals surface area contributed by atoms with Crippen molar-refractivity contribution in [3.8, 4) is 11.1 Å². The predicted octanol–water partition coefficient (Wildman–Crippen LogP) is 4.57. The third kappa shape index (κ3) is 4.83. The van der Waals surface area contributed by atoms with Gasteiger partial charge in [0.1, 0.15) is 17.1 Å². The number of halogens is 2. The van der Waals surface area contributed by atoms with Gasteiger partial charge in [0.15, 0.2) is 0 Å². The van der Waals surface area contributed by atoms with Gasteiger partial charge in [0.05, 0.1) is 30.4 Å². The van der Waals surface area contributed by atoms with E-state index in [1.165, 1.54) is 7.11 Å². The number of nitrogens with one attached hydrogen (secondary N) is 2. The molecule has 33 heavy (non-hydrogen) atoms. The van der Waals surface area contributed by atoms with Gasteiger partial charge in [-0.1, -0.05) is 35.3 Å². The zero-order valence-electron chi connectivity index (χ0n) is 18.1. The Morgan fingerprint density at radius 3 is 2.42 bits per heavy atom. The lowest BCUT2D eigenvalue weighted by Gasteiger charge is -2.29. The van der Waals surface area contributed by atoms with Gasteiger partial charge in [0, 0.05) is 36.2 Å². The molecule has 1 saturated heterocycles. The molecule has 1 aromatic carbocycles. The summed E-state index contributed by atoms with van der Waals surface area (Å²) in [6.45, 7) is 4.20. The Bertz CT molecular complexity index is 1190. The minimum Gasteiger partial charge on any atom is -0.465 e. The van der Waals surface area contributed by atoms with Crippen LogP contribution in [0.15, 0.2) is 36.5 Å². The van der Waals surface area contributed by atoms with Crippen molar-refractivity contribution >= 4 is 46.6 Å². The molecule has 0 spiro atoms. The molecule has 4 rings (SSSR count). The summed E-state index contributed by atoms with van der Waals surface area (Å²) < 4.78 is 10.4. The molecule has 0 bridgehead atoms. The number of rotatable bonds is 5. The van der Waals surface area contributed by atoms with E-state index in [0.29, 0.717) is 54.1 Å². The van der Waals surface area contributed by atoms with Crippen molar-refractivity contribution in [1.29, 1.82) is 0 Å². The first kappa shape index (κ1) is 23.1. The van der Waals surface area contributed by atoms with E-state index in [4.69, 9.17) is 32.7 Å². The van der Waals surface area contributed by atoms with Gasteiger partial charge in [-0.15, -0.1) is 0 Å². The number of nitrogens with zero attached hydrogens (tertiary/aromatic N) is 2. The molecule has 0 radical (unpaired) electrons. The van der Waals surface area contributed by atoms with E-state index in [-0.39, 0.29) is 10.7 Å². The molecule has 0 saturated carbocycles. The summed E-state index contributed by atoms with van der Waals surface area (Å²) in [5.41, 5.74) is 3.37. The number of benzene rings is 1. The SMILES string of the molecule is COC(=O)c1cc(-c2ccc(NC(=O)c3[nH]c(C)c(Cl)c3Cl)cc2)cnc1N1CCOCC1. The highest BCUT2D eigenvalue weighted by molar-refractivity contribution is 6.44. The average Bonchev–Trinajstić information content (AvgIpc) is 3.11. The fraction of sp³-hybridized carbons (Fsp3) is 0.261. The fourth-order valence-electron chi connectivity index (χ4n) is 3.57. The molecular weight excluding hydrogens is 467 g/mol. The summed E-state index contributed by atoms with van der Waals surface area (Å²) in [6, 6.07) is 8.94. The van der Waals surface area contributed by atoms with Crippen LogP contribution in [0.4, 0.5) is 11.5 Å². The number of carbonyl (C=O) groups is 2. The monoisotopic (exact) mass is 488 g/mol. The highest BCUT2D eigenvalue weighted by Gasteiger charge is 2.22. The van der Waals surface area contributed by atoms with Crippen molar-refractivity contribution in [1.82, 2.24) is 9.97 Å². The quantitative estimate of drug-likeness (QED) is 0.510. The zero-order valence-corrected chi connectivity index (χ0v) is 19.6. The van der Waals surface area contributed by atoms with Gasteiger partial charge in [-0.25, -0.2) is 9.78 Å². The van der Waals surface area contributed by atoms with Crippen LogP contribution >= 0.6 is 23.2 Å². The van der Waals surface area contributed by atoms with Crippen LogP contribution in [0.25, 0.3) is 11.1 Å². The van der Waals surface area contributed by atoms with Crippen LogP contribution in [0, 0.1) is 6.92 Å². The normalized spacial score (nSPS) is 13.6. The van der Waals surface area contributed by atoms with E-state index in [2.05, 4.69) is 15.3 Å². The smallest absolute Gasteiger partial charge is 0.341 e. The molecule has 0 unspecified atom stereocenters. The van der Waals surface area contributed by atoms with Crippen molar-refractivity contribution in [3.63, 3.8) is 0 Å². The molecule has 8 nitrogen and oxygen atoms in total. The Kier molecular flexibility index (Phi) is 6.88. The van der Waals surface area contributed by atoms with Crippen LogP contribution < -0.4 is 10.2 Å². The van der Waals surface area contributed by atoms with E-state index < -0.39 is 11.9 Å². The number of hydrogen-bond donors (Lipinski definition) is 2. The maximum absolute atomic E-state index is 12.5. The lowest BCUT2D eigenvalue weighted by Crippen LogP contribution is -2.37. The molecule has 10 heteroatoms. The topological polar surface area (TPSA) is 96.5 Å². The van der Waals surface area contributed by atoms with E-state index in [1.807, 2.05) is 17.0 Å². The number of aryl methyl sites for hydroxylation is 1. The molecule has 1 fully saturated rings. The second-order valence-corrected chi connectivity index (χ2v) is 8.23. The largest absolute Gasteiger partial charge is 0.465 e. The number of aromatic nitrogens is 2. The Labute approximate surface area is 200 Å². The first-order chi connectivity index (χ1) is 15.9. The molecule has 2 N–H and O–H groups in total. The van der Waals surface area contributed by atoms with Gasteiger partial charge in [-0.05, 0) is 30.7 Å². The number of anilines is 2. The highest BCUT2D eigenvalue weighted by Crippen LogP contribution is 2.30. The van der Waals surface area contributed by atoms with Gasteiger partial charge in [-0.2, -0.15) is 0 Å². The average molecular weight is 489 g/mol. The van der Waals surface area contributed by atoms with Crippen LogP contribution in [-0.4, -0.2) is 55.3 Å². The lowest BCUT2D eigenvalue weighted by molar-refractivity contribution is 0.0599. The van der Waals surface area contributed by atoms with Crippen LogP contribution in [0.2, 0.25) is 10.0 Å². The third-order valence-corrected chi connectivity index (χ3v) is 6.29. The summed E-state index contributed by atoms with van der Waals surface area (Å²) in [5.74, 6) is -0.270. The number of methoxy groups -OCH3 is 1. The molecule has 1 aliphatic heterocycles. The molecule has 172 valence electrons. The zero-order chi connectivity index (χ0) is 23.5. The van der Waals surface area contributed by atoms with Crippen molar-refractivity contribution in [3.05, 3.63) is 63.5 Å². The fourth-order valence-corrected chi connectivity index (χ4v) is 3.99. The van der Waals surface area contributed by atoms with E-state index in [0.717, 1.165) is 11.1 Å². The van der Waals surface area contributed by atoms with Crippen LogP contribution in [-0.2, 0) is 9.47 Å². The van der Waals surface area contributed by atoms with Crippen LogP contribution in [0.3, 0.4) is 0 Å². The minimum atomic E-state index is -0.452. The number of carbonyl (C=O) groups excluding carboxylic acids is 2. The summed E-state index contributed by atoms with van der Waals surface area (Å²) in [5, 5.41) is 3.30. The van der Waals surface area contributed by atoms with E-state index in [9.17, 15) is 9.59 Å². The molecule has 3 aromatic rings. The molecule has 1 amide bonds. The Morgan fingerprint density at radius 2 is 1.82 bits per heavy atom. The van der Waals surface area contributed by atoms with Crippen molar-refractivity contribution in [2.45, 2.75) is 6.92 Å². The standard InChI is InChI=1S/C23H22Cl2N4O4/c1-13-18(24)19(25)20(27-13)22(30)28-16-5-3-14(4-6-16)15-11-17(23(31)32-2)21(26-12-15)29-7-9-33-10-8-29/h3-6,11-12,27H,7-10H2,1-2H3,(H,28,30). The molecule has 3 heterocycles. The van der Waals surface area contributed by atoms with Gasteiger partial charge >= 0.3 is 5.97 Å². The van der Waals surface area contributed by atoms with E-state index >= 15 is 0 Å². The van der Waals surface area contributed by atoms with Gasteiger partial charge in [-0.3, -0.25) is 4.79 Å². The van der Waals surface area contributed by atoms with Gasteiger partial charge in [0.25, 0.3) is 5.91 Å². The minimum absolute atomic E-state index is 0.185. The molecule has 1 aliphatic rings. The molecular formula is C23H22Cl2N4O4. The summed E-state index contributed by atoms with van der Waals surface area (Å²) in [4.78, 5) is 34.4. The van der Waals surface area contributed by atoms with Crippen molar-refractivity contribution in [2.75, 3.05) is 43.6 Å². The third-order valence-electron chi connectivity index (χ3n) is 5.34. The second kappa shape index (κ2) is 9.82. The molecule has 0 atom stereocenters. The number of pyridine rings is 1. The first-order valence-corrected chi connectivity index (χ1v) is 11.0. The summed E-state index contributed by atoms with van der Waals surface area (Å²) >= 11 is 12.2. The van der Waals surface area contributed by atoms with Crippen molar-refractivity contribution in [2.24, 2.45) is 0 Å². The Balaban J connectivity index is 1.56. The maximum Gasteiger partial charge on any atom is 0.341 e. The first-order valence-electron chi connectivity index (χ1n) is 10.3. The second-order valence-electron chi connectivity index (χ2n) is 7.47. The lowest BCUT2D eigenvalue weighted by atomic mass is 10.0. The highest BCUT2D eigenvalue weighted by atomic mass is 35.5. The van der Waals surface area contributed by atoms with E-state index in [1.54, 1.807) is 31.3 Å².